The van der Waals surface area contributed by atoms with Gasteiger partial charge in [-0.3, -0.25) is 9.97 Å². The third kappa shape index (κ3) is 2.93. The highest BCUT2D eigenvalue weighted by molar-refractivity contribution is 6.04. The third-order valence-electron chi connectivity index (χ3n) is 4.87. The largest absolute Gasteiger partial charge is 0.507 e. The van der Waals surface area contributed by atoms with Gasteiger partial charge in [0.25, 0.3) is 0 Å². The van der Waals surface area contributed by atoms with Gasteiger partial charge in [0.15, 0.2) is 17.4 Å². The Morgan fingerprint density at radius 1 is 0.536 bits per heavy atom. The lowest BCUT2D eigenvalue weighted by atomic mass is 9.91. The van der Waals surface area contributed by atoms with Crippen molar-refractivity contribution < 1.29 is 5.11 Å². The number of fused-ring (bicyclic) bond motifs is 2. The number of hydrogen-bond donors (Lipinski definition) is 1. The molecule has 0 atom stereocenters. The summed E-state index contributed by atoms with van der Waals surface area (Å²) in [6, 6.07) is 25.7. The molecule has 5 aromatic rings. The molecule has 1 N–H and O–H groups in total. The van der Waals surface area contributed by atoms with E-state index in [1.165, 1.54) is 0 Å². The topological polar surface area (TPSA) is 46.0 Å². The average Bonchev–Trinajstić information content (AvgIpc) is 2.73. The second-order valence-electron chi connectivity index (χ2n) is 6.46. The summed E-state index contributed by atoms with van der Waals surface area (Å²) in [4.78, 5) is 9.16. The van der Waals surface area contributed by atoms with Gasteiger partial charge in [-0.25, -0.2) is 0 Å². The normalized spacial score (nSPS) is 10.7. The maximum Gasteiger partial charge on any atom is 0.187 e. The van der Waals surface area contributed by atoms with Gasteiger partial charge in [-0.05, 0) is 23.8 Å². The van der Waals surface area contributed by atoms with E-state index in [9.17, 15) is 5.11 Å². The van der Waals surface area contributed by atoms with Gasteiger partial charge in [0.05, 0.1) is 11.0 Å². The molecule has 5 rings (SSSR count). The zero-order chi connectivity index (χ0) is 18.2. The maximum atomic E-state index is 10.8. The van der Waals surface area contributed by atoms with Crippen molar-refractivity contribution in [2.45, 2.75) is 0 Å². The van der Waals surface area contributed by atoms with Crippen LogP contribution in [0.5, 0.6) is 5.75 Å². The van der Waals surface area contributed by atoms with Gasteiger partial charge in [0, 0.05) is 39.9 Å². The SMILES string of the molecule is Oc1cccc(-c2cccc3cccnc23)c1-c1cccc2cccnc12.[AlH3]. The van der Waals surface area contributed by atoms with Crippen LogP contribution in [-0.2, 0) is 0 Å². The molecule has 0 unspecified atom stereocenters. The summed E-state index contributed by atoms with van der Waals surface area (Å²) >= 11 is 0. The van der Waals surface area contributed by atoms with Crippen molar-refractivity contribution in [1.29, 1.82) is 0 Å². The van der Waals surface area contributed by atoms with E-state index in [0.29, 0.717) is 0 Å². The molecule has 2 heterocycles. The van der Waals surface area contributed by atoms with Crippen molar-refractivity contribution in [3.05, 3.63) is 91.3 Å². The maximum absolute atomic E-state index is 10.8. The number of phenols is 1. The molecule has 0 aliphatic rings. The van der Waals surface area contributed by atoms with Crippen LogP contribution in [0.1, 0.15) is 0 Å². The van der Waals surface area contributed by atoms with E-state index in [0.717, 1.165) is 44.1 Å². The highest BCUT2D eigenvalue weighted by Gasteiger charge is 2.17. The molecule has 0 aliphatic carbocycles. The van der Waals surface area contributed by atoms with Gasteiger partial charge in [0.1, 0.15) is 5.75 Å². The van der Waals surface area contributed by atoms with Crippen LogP contribution in [0.3, 0.4) is 0 Å². The first-order valence-corrected chi connectivity index (χ1v) is 8.83. The van der Waals surface area contributed by atoms with Gasteiger partial charge in [0.2, 0.25) is 0 Å². The molecule has 0 radical (unpaired) electrons. The molecule has 0 spiro atoms. The minimum atomic E-state index is 0. The molecule has 3 aromatic carbocycles. The highest BCUT2D eigenvalue weighted by atomic mass is 27.0. The molecule has 0 saturated carbocycles. The average molecular weight is 378 g/mol. The Kier molecular flexibility index (Phi) is 4.83. The minimum absolute atomic E-state index is 0. The molecular formula is C24H19AlN2O. The second kappa shape index (κ2) is 7.44. The molecule has 0 fully saturated rings. The summed E-state index contributed by atoms with van der Waals surface area (Å²) in [5.41, 5.74) is 5.41. The number of pyridine rings is 2. The molecule has 2 aromatic heterocycles. The number of hydrogen-bond acceptors (Lipinski definition) is 3. The number of aromatic hydroxyl groups is 1. The van der Waals surface area contributed by atoms with Gasteiger partial charge in [-0.1, -0.05) is 60.7 Å². The van der Waals surface area contributed by atoms with Gasteiger partial charge in [-0.2, -0.15) is 0 Å². The highest BCUT2D eigenvalue weighted by Crippen LogP contribution is 2.42. The number of para-hydroxylation sites is 2. The molecule has 0 saturated heterocycles. The summed E-state index contributed by atoms with van der Waals surface area (Å²) in [5.74, 6) is 0.235. The first-order chi connectivity index (χ1) is 13.3. The Bertz CT molecular complexity index is 1290. The molecular weight excluding hydrogens is 359 g/mol. The summed E-state index contributed by atoms with van der Waals surface area (Å²) in [7, 11) is 0. The third-order valence-corrected chi connectivity index (χ3v) is 4.87. The predicted molar refractivity (Wildman–Crippen MR) is 120 cm³/mol. The first-order valence-electron chi connectivity index (χ1n) is 8.83. The van der Waals surface area contributed by atoms with Crippen molar-refractivity contribution in [2.24, 2.45) is 0 Å². The van der Waals surface area contributed by atoms with E-state index in [1.807, 2.05) is 72.8 Å². The van der Waals surface area contributed by atoms with Crippen LogP contribution in [0.4, 0.5) is 0 Å². The van der Waals surface area contributed by atoms with Crippen LogP contribution in [0.15, 0.2) is 91.3 Å². The summed E-state index contributed by atoms with van der Waals surface area (Å²) in [6.45, 7) is 0. The van der Waals surface area contributed by atoms with E-state index >= 15 is 0 Å². The standard InChI is InChI=1S/C24H16N2O.Al.3H/c27-21-13-3-10-18(19-11-1-6-16-8-4-14-25-23(16)19)22(21)20-12-2-7-17-9-5-15-26-24(17)20;;;;/h1-15,27H;;;;. The van der Waals surface area contributed by atoms with Crippen LogP contribution < -0.4 is 0 Å². The Balaban J connectivity index is 0.00000192. The van der Waals surface area contributed by atoms with Crippen molar-refractivity contribution >= 4 is 39.2 Å². The first kappa shape index (κ1) is 18.2. The summed E-state index contributed by atoms with van der Waals surface area (Å²) in [6.07, 6.45) is 3.58. The smallest absolute Gasteiger partial charge is 0.187 e. The fourth-order valence-corrected chi connectivity index (χ4v) is 3.68. The quantitative estimate of drug-likeness (QED) is 0.455. The van der Waals surface area contributed by atoms with E-state index < -0.39 is 0 Å². The Hall–Kier alpha value is -3.19. The predicted octanol–water partition coefficient (Wildman–Crippen LogP) is 4.64. The molecule has 0 bridgehead atoms. The van der Waals surface area contributed by atoms with E-state index in [1.54, 1.807) is 18.5 Å². The monoisotopic (exact) mass is 378 g/mol. The second-order valence-corrected chi connectivity index (χ2v) is 6.46. The van der Waals surface area contributed by atoms with Crippen molar-refractivity contribution in [3.8, 4) is 28.0 Å². The van der Waals surface area contributed by atoms with Crippen LogP contribution in [-0.4, -0.2) is 32.4 Å². The van der Waals surface area contributed by atoms with Crippen molar-refractivity contribution in [2.75, 3.05) is 0 Å². The Morgan fingerprint density at radius 2 is 1.04 bits per heavy atom. The molecule has 0 aliphatic heterocycles. The fourth-order valence-electron chi connectivity index (χ4n) is 3.68. The molecule has 0 amide bonds. The van der Waals surface area contributed by atoms with Crippen LogP contribution >= 0.6 is 0 Å². The van der Waals surface area contributed by atoms with E-state index in [4.69, 9.17) is 0 Å². The number of phenolic OH excluding ortho intramolecular Hbond substituents is 1. The Labute approximate surface area is 173 Å². The number of aromatic nitrogens is 2. The molecule has 4 heteroatoms. The van der Waals surface area contributed by atoms with Crippen LogP contribution in [0, 0.1) is 0 Å². The lowest BCUT2D eigenvalue weighted by Crippen LogP contribution is -1.91. The zero-order valence-electron chi connectivity index (χ0n) is 14.5. The van der Waals surface area contributed by atoms with Crippen molar-refractivity contribution in [3.63, 3.8) is 0 Å². The number of benzene rings is 3. The summed E-state index contributed by atoms with van der Waals surface area (Å²) in [5, 5.41) is 12.9. The van der Waals surface area contributed by atoms with Gasteiger partial charge < -0.3 is 5.11 Å². The van der Waals surface area contributed by atoms with E-state index in [-0.39, 0.29) is 23.1 Å². The molecule has 134 valence electrons. The lowest BCUT2D eigenvalue weighted by Gasteiger charge is -2.15. The van der Waals surface area contributed by atoms with Crippen LogP contribution in [0.2, 0.25) is 0 Å². The lowest BCUT2D eigenvalue weighted by molar-refractivity contribution is 0.477. The van der Waals surface area contributed by atoms with Crippen molar-refractivity contribution in [1.82, 2.24) is 9.97 Å². The van der Waals surface area contributed by atoms with Gasteiger partial charge in [-0.15, -0.1) is 0 Å². The number of rotatable bonds is 2. The van der Waals surface area contributed by atoms with Crippen LogP contribution in [0.25, 0.3) is 44.1 Å². The van der Waals surface area contributed by atoms with Gasteiger partial charge >= 0.3 is 0 Å². The fraction of sp³-hybridized carbons (Fsp3) is 0. The Morgan fingerprint density at radius 3 is 1.71 bits per heavy atom. The minimum Gasteiger partial charge on any atom is -0.507 e. The number of nitrogens with zero attached hydrogens (tertiary/aromatic N) is 2. The molecule has 3 nitrogen and oxygen atoms in total. The molecule has 28 heavy (non-hydrogen) atoms. The zero-order valence-corrected chi connectivity index (χ0v) is 14.5. The van der Waals surface area contributed by atoms with E-state index in [2.05, 4.69) is 9.97 Å². The summed E-state index contributed by atoms with van der Waals surface area (Å²) < 4.78 is 0.